The summed E-state index contributed by atoms with van der Waals surface area (Å²) in [5.41, 5.74) is 2.30. The number of likely N-dealkylation sites (tertiary alicyclic amines) is 1. The van der Waals surface area contributed by atoms with Crippen LogP contribution in [0.5, 0.6) is 0 Å². The van der Waals surface area contributed by atoms with Crippen molar-refractivity contribution in [2.24, 2.45) is 0 Å². The minimum Gasteiger partial charge on any atom is -0.342 e. The Hall–Kier alpha value is -2.24. The van der Waals surface area contributed by atoms with Gasteiger partial charge in [0.1, 0.15) is 0 Å². The first kappa shape index (κ1) is 18.1. The van der Waals surface area contributed by atoms with Crippen molar-refractivity contribution in [1.29, 1.82) is 0 Å². The van der Waals surface area contributed by atoms with Crippen LogP contribution in [0.4, 0.5) is 0 Å². The van der Waals surface area contributed by atoms with Gasteiger partial charge in [-0.05, 0) is 37.5 Å². The van der Waals surface area contributed by atoms with E-state index in [-0.39, 0.29) is 11.9 Å². The van der Waals surface area contributed by atoms with Crippen molar-refractivity contribution < 1.29 is 4.79 Å². The number of piperidine rings is 1. The van der Waals surface area contributed by atoms with Gasteiger partial charge in [-0.15, -0.1) is 11.3 Å². The summed E-state index contributed by atoms with van der Waals surface area (Å²) in [6, 6.07) is 18.7. The highest BCUT2D eigenvalue weighted by atomic mass is 32.1. The average molecular weight is 380 g/mol. The van der Waals surface area contributed by atoms with Crippen molar-refractivity contribution >= 4 is 27.5 Å². The summed E-state index contributed by atoms with van der Waals surface area (Å²) < 4.78 is 1.25. The second-order valence-electron chi connectivity index (χ2n) is 7.19. The molecule has 2 heterocycles. The van der Waals surface area contributed by atoms with E-state index in [1.54, 1.807) is 11.3 Å². The maximum Gasteiger partial charge on any atom is 0.236 e. The summed E-state index contributed by atoms with van der Waals surface area (Å²) in [5, 5.41) is 4.58. The van der Waals surface area contributed by atoms with Crippen LogP contribution in [-0.2, 0) is 4.79 Å². The van der Waals surface area contributed by atoms with Crippen molar-refractivity contribution in [1.82, 2.24) is 15.2 Å². The molecular formula is C22H25N3OS. The van der Waals surface area contributed by atoms with Gasteiger partial charge in [-0.25, -0.2) is 4.98 Å². The van der Waals surface area contributed by atoms with Crippen LogP contribution >= 0.6 is 11.3 Å². The maximum absolute atomic E-state index is 12.6. The molecule has 0 spiro atoms. The van der Waals surface area contributed by atoms with Crippen LogP contribution in [0.1, 0.15) is 42.3 Å². The molecule has 140 valence electrons. The van der Waals surface area contributed by atoms with Crippen molar-refractivity contribution in [3.05, 3.63) is 65.2 Å². The summed E-state index contributed by atoms with van der Waals surface area (Å²) in [6.45, 7) is 4.13. The minimum absolute atomic E-state index is 0.176. The summed E-state index contributed by atoms with van der Waals surface area (Å²) in [5.74, 6) is 0.670. The van der Waals surface area contributed by atoms with Crippen molar-refractivity contribution in [3.8, 4) is 0 Å². The van der Waals surface area contributed by atoms with Crippen LogP contribution in [0.15, 0.2) is 54.6 Å². The third-order valence-electron chi connectivity index (χ3n) is 5.37. The van der Waals surface area contributed by atoms with E-state index in [1.807, 2.05) is 29.2 Å². The molecule has 0 radical (unpaired) electrons. The van der Waals surface area contributed by atoms with E-state index >= 15 is 0 Å². The fourth-order valence-corrected chi connectivity index (χ4v) is 4.79. The summed E-state index contributed by atoms with van der Waals surface area (Å²) in [7, 11) is 0. The quantitative estimate of drug-likeness (QED) is 0.717. The minimum atomic E-state index is 0.176. The first-order chi connectivity index (χ1) is 13.2. The number of amides is 1. The Bertz CT molecular complexity index is 867. The van der Waals surface area contributed by atoms with Gasteiger partial charge in [0.2, 0.25) is 5.91 Å². The zero-order chi connectivity index (χ0) is 18.6. The van der Waals surface area contributed by atoms with Crippen molar-refractivity contribution in [3.63, 3.8) is 0 Å². The lowest BCUT2D eigenvalue weighted by molar-refractivity contribution is -0.131. The Kier molecular flexibility index (Phi) is 5.50. The molecule has 2 aromatic carbocycles. The first-order valence-corrected chi connectivity index (χ1v) is 10.4. The number of carbonyl (C=O) groups excluding carboxylic acids is 1. The Balaban J connectivity index is 1.29. The molecule has 27 heavy (non-hydrogen) atoms. The lowest BCUT2D eigenvalue weighted by Gasteiger charge is -2.31. The summed E-state index contributed by atoms with van der Waals surface area (Å²) in [6.07, 6.45) is 2.00. The highest BCUT2D eigenvalue weighted by molar-refractivity contribution is 7.18. The number of para-hydroxylation sites is 1. The molecule has 1 aliphatic heterocycles. The maximum atomic E-state index is 12.6. The molecule has 0 aliphatic carbocycles. The number of fused-ring (bicyclic) bond motifs is 1. The molecule has 1 saturated heterocycles. The lowest BCUT2D eigenvalue weighted by Crippen LogP contribution is -2.43. The van der Waals surface area contributed by atoms with Crippen molar-refractivity contribution in [2.75, 3.05) is 19.6 Å². The van der Waals surface area contributed by atoms with Crippen LogP contribution < -0.4 is 5.32 Å². The predicted molar refractivity (Wildman–Crippen MR) is 111 cm³/mol. The van der Waals surface area contributed by atoms with Gasteiger partial charge in [0.05, 0.1) is 21.8 Å². The van der Waals surface area contributed by atoms with Crippen LogP contribution in [-0.4, -0.2) is 35.4 Å². The largest absolute Gasteiger partial charge is 0.342 e. The van der Waals surface area contributed by atoms with E-state index in [1.165, 1.54) is 15.3 Å². The Morgan fingerprint density at radius 1 is 1.15 bits per heavy atom. The molecule has 0 bridgehead atoms. The number of aromatic nitrogens is 1. The number of thiazole rings is 1. The monoisotopic (exact) mass is 379 g/mol. The van der Waals surface area contributed by atoms with Gasteiger partial charge in [0.25, 0.3) is 0 Å². The smallest absolute Gasteiger partial charge is 0.236 e. The van der Waals surface area contributed by atoms with Gasteiger partial charge in [0.15, 0.2) is 0 Å². The molecule has 1 amide bonds. The van der Waals surface area contributed by atoms with E-state index in [2.05, 4.69) is 42.6 Å². The Labute approximate surface area is 164 Å². The summed E-state index contributed by atoms with van der Waals surface area (Å²) in [4.78, 5) is 19.4. The summed E-state index contributed by atoms with van der Waals surface area (Å²) >= 11 is 1.80. The Morgan fingerprint density at radius 2 is 1.85 bits per heavy atom. The third-order valence-corrected chi connectivity index (χ3v) is 6.57. The van der Waals surface area contributed by atoms with Crippen LogP contribution in [0.2, 0.25) is 0 Å². The fourth-order valence-electron chi connectivity index (χ4n) is 3.65. The number of benzene rings is 2. The molecule has 4 nitrogen and oxygen atoms in total. The molecule has 4 rings (SSSR count). The van der Waals surface area contributed by atoms with Gasteiger partial charge >= 0.3 is 0 Å². The zero-order valence-electron chi connectivity index (χ0n) is 15.6. The van der Waals surface area contributed by atoms with Crippen LogP contribution in [0, 0.1) is 0 Å². The van der Waals surface area contributed by atoms with Gasteiger partial charge in [-0.2, -0.15) is 0 Å². The second kappa shape index (κ2) is 8.19. The highest BCUT2D eigenvalue weighted by Crippen LogP contribution is 2.33. The zero-order valence-corrected chi connectivity index (χ0v) is 16.4. The van der Waals surface area contributed by atoms with Gasteiger partial charge in [-0.3, -0.25) is 4.79 Å². The third kappa shape index (κ3) is 4.20. The van der Waals surface area contributed by atoms with E-state index in [0.29, 0.717) is 12.5 Å². The highest BCUT2D eigenvalue weighted by Gasteiger charge is 2.25. The first-order valence-electron chi connectivity index (χ1n) is 9.62. The number of carbonyl (C=O) groups is 1. The molecular weight excluding hydrogens is 354 g/mol. The predicted octanol–water partition coefficient (Wildman–Crippen LogP) is 4.35. The number of nitrogens with one attached hydrogen (secondary N) is 1. The molecule has 0 saturated carbocycles. The van der Waals surface area contributed by atoms with E-state index < -0.39 is 0 Å². The number of nitrogens with zero attached hydrogens (tertiary/aromatic N) is 2. The number of rotatable bonds is 5. The van der Waals surface area contributed by atoms with Gasteiger partial charge < -0.3 is 10.2 Å². The molecule has 0 unspecified atom stereocenters. The van der Waals surface area contributed by atoms with Gasteiger partial charge in [0, 0.05) is 25.0 Å². The second-order valence-corrected chi connectivity index (χ2v) is 8.25. The molecule has 1 N–H and O–H groups in total. The molecule has 1 fully saturated rings. The fraction of sp³-hybridized carbons (Fsp3) is 0.364. The average Bonchev–Trinajstić information content (AvgIpc) is 3.17. The van der Waals surface area contributed by atoms with Crippen LogP contribution in [0.25, 0.3) is 10.2 Å². The molecule has 3 aromatic rings. The lowest BCUT2D eigenvalue weighted by atomic mass is 9.97. The number of hydrogen-bond donors (Lipinski definition) is 1. The van der Waals surface area contributed by atoms with Crippen molar-refractivity contribution in [2.45, 2.75) is 31.7 Å². The van der Waals surface area contributed by atoms with Crippen LogP contribution in [0.3, 0.4) is 0 Å². The molecule has 1 atom stereocenters. The Morgan fingerprint density at radius 3 is 2.59 bits per heavy atom. The normalized spacial score (nSPS) is 16.6. The number of hydrogen-bond acceptors (Lipinski definition) is 4. The van der Waals surface area contributed by atoms with E-state index in [0.717, 1.165) is 31.4 Å². The SMILES string of the molecule is C[C@H](NCC(=O)N1CCC(c2nc3ccccc3s2)CC1)c1ccccc1. The van der Waals surface area contributed by atoms with E-state index in [9.17, 15) is 4.79 Å². The molecule has 1 aliphatic rings. The standard InChI is InChI=1S/C22H25N3OS/c1-16(17-7-3-2-4-8-17)23-15-21(26)25-13-11-18(12-14-25)22-24-19-9-5-6-10-20(19)27-22/h2-10,16,18,23H,11-15H2,1H3/t16-/m0/s1. The van der Waals surface area contributed by atoms with Gasteiger partial charge in [-0.1, -0.05) is 42.5 Å². The topological polar surface area (TPSA) is 45.2 Å². The van der Waals surface area contributed by atoms with E-state index in [4.69, 9.17) is 4.98 Å². The molecule has 5 heteroatoms. The molecule has 1 aromatic heterocycles.